The number of hydrogen-bond donors (Lipinski definition) is 1. The summed E-state index contributed by atoms with van der Waals surface area (Å²) in [7, 11) is 1.35. The topological polar surface area (TPSA) is 55.4 Å². The van der Waals surface area contributed by atoms with Crippen molar-refractivity contribution in [3.05, 3.63) is 87.1 Å². The van der Waals surface area contributed by atoms with Gasteiger partial charge in [0.25, 0.3) is 0 Å². The number of anilines is 1. The minimum atomic E-state index is -0.608. The largest absolute Gasteiger partial charge is 0.465 e. The molecule has 2 bridgehead atoms. The number of hydrogen-bond acceptors (Lipinski definition) is 4. The van der Waals surface area contributed by atoms with Crippen LogP contribution in [0, 0.1) is 5.41 Å². The second-order valence-corrected chi connectivity index (χ2v) is 8.75. The fourth-order valence-electron chi connectivity index (χ4n) is 5.12. The van der Waals surface area contributed by atoms with E-state index in [4.69, 9.17) is 4.74 Å². The Morgan fingerprint density at radius 2 is 1.59 bits per heavy atom. The van der Waals surface area contributed by atoms with Gasteiger partial charge in [0, 0.05) is 22.6 Å². The van der Waals surface area contributed by atoms with E-state index in [2.05, 4.69) is 60.8 Å². The van der Waals surface area contributed by atoms with E-state index in [1.807, 2.05) is 0 Å². The van der Waals surface area contributed by atoms with Crippen LogP contribution in [0.4, 0.5) is 5.69 Å². The lowest BCUT2D eigenvalue weighted by atomic mass is 9.52. The number of carbonyl (C=O) groups excluding carboxylic acids is 2. The summed E-state index contributed by atoms with van der Waals surface area (Å²) in [4.78, 5) is 25.6. The van der Waals surface area contributed by atoms with Crippen LogP contribution in [0.2, 0.25) is 0 Å². The maximum absolute atomic E-state index is 13.6. The molecule has 0 saturated carbocycles. The van der Waals surface area contributed by atoms with Crippen LogP contribution in [0.5, 0.6) is 0 Å². The molecule has 0 fully saturated rings. The summed E-state index contributed by atoms with van der Waals surface area (Å²) in [6.45, 7) is 2.05. The summed E-state index contributed by atoms with van der Waals surface area (Å²) in [6.07, 6.45) is 0.745. The average molecular weight is 404 g/mol. The van der Waals surface area contributed by atoms with Gasteiger partial charge in [0.05, 0.1) is 23.8 Å². The third-order valence-corrected chi connectivity index (χ3v) is 7.21. The minimum absolute atomic E-state index is 0.0138. The summed E-state index contributed by atoms with van der Waals surface area (Å²) >= 11 is 1.37. The fourth-order valence-corrected chi connectivity index (χ4v) is 5.87. The van der Waals surface area contributed by atoms with E-state index in [1.54, 1.807) is 10.8 Å². The molecular formula is C24H21NO3S. The molecule has 29 heavy (non-hydrogen) atoms. The molecule has 2 aromatic carbocycles. The van der Waals surface area contributed by atoms with Crippen molar-refractivity contribution in [2.24, 2.45) is 5.41 Å². The maximum atomic E-state index is 13.6. The third-order valence-electron chi connectivity index (χ3n) is 6.46. The number of rotatable bonds is 3. The van der Waals surface area contributed by atoms with E-state index < -0.39 is 11.4 Å². The summed E-state index contributed by atoms with van der Waals surface area (Å²) in [6, 6.07) is 16.9. The number of esters is 1. The Morgan fingerprint density at radius 3 is 2.17 bits per heavy atom. The highest BCUT2D eigenvalue weighted by Gasteiger charge is 2.53. The van der Waals surface area contributed by atoms with Crippen LogP contribution >= 0.6 is 11.3 Å². The first-order valence-corrected chi connectivity index (χ1v) is 10.6. The third kappa shape index (κ3) is 2.57. The smallest absolute Gasteiger partial charge is 0.340 e. The Labute approximate surface area is 173 Å². The summed E-state index contributed by atoms with van der Waals surface area (Å²) in [5, 5.41) is 6.53. The molecule has 3 aliphatic carbocycles. The number of methoxy groups -OCH3 is 1. The molecule has 1 amide bonds. The van der Waals surface area contributed by atoms with Crippen LogP contribution in [0.3, 0.4) is 0 Å². The molecule has 1 heterocycles. The highest BCUT2D eigenvalue weighted by Crippen LogP contribution is 2.61. The highest BCUT2D eigenvalue weighted by molar-refractivity contribution is 7.08. The molecule has 1 aromatic heterocycles. The molecule has 0 spiro atoms. The van der Waals surface area contributed by atoms with Gasteiger partial charge >= 0.3 is 5.97 Å². The zero-order valence-corrected chi connectivity index (χ0v) is 17.1. The number of benzene rings is 2. The van der Waals surface area contributed by atoms with Crippen molar-refractivity contribution in [1.29, 1.82) is 0 Å². The molecule has 0 radical (unpaired) electrons. The number of fused-ring (bicyclic) bond motifs is 1. The monoisotopic (exact) mass is 403 g/mol. The van der Waals surface area contributed by atoms with Gasteiger partial charge in [-0.15, -0.1) is 11.3 Å². The van der Waals surface area contributed by atoms with E-state index in [-0.39, 0.29) is 17.7 Å². The lowest BCUT2D eigenvalue weighted by Crippen LogP contribution is -2.47. The molecule has 1 unspecified atom stereocenters. The van der Waals surface area contributed by atoms with Crippen LogP contribution in [0.25, 0.3) is 0 Å². The van der Waals surface area contributed by atoms with Crippen LogP contribution < -0.4 is 5.32 Å². The van der Waals surface area contributed by atoms with Crippen molar-refractivity contribution in [2.75, 3.05) is 12.4 Å². The zero-order chi connectivity index (χ0) is 20.2. The van der Waals surface area contributed by atoms with Gasteiger partial charge in [-0.05, 0) is 35.6 Å². The molecule has 3 aliphatic rings. The van der Waals surface area contributed by atoms with Crippen molar-refractivity contribution in [1.82, 2.24) is 0 Å². The summed E-state index contributed by atoms with van der Waals surface area (Å²) in [5.74, 6) is -0.307. The molecule has 1 N–H and O–H groups in total. The Bertz CT molecular complexity index is 1090. The molecular weight excluding hydrogens is 382 g/mol. The molecule has 1 atom stereocenters. The number of carbonyl (C=O) groups is 2. The number of ether oxygens (including phenoxy) is 1. The maximum Gasteiger partial charge on any atom is 0.340 e. The Morgan fingerprint density at radius 1 is 1.00 bits per heavy atom. The number of thiophene rings is 1. The molecule has 0 saturated heterocycles. The van der Waals surface area contributed by atoms with Crippen LogP contribution in [0.15, 0.2) is 59.3 Å². The molecule has 146 valence electrons. The van der Waals surface area contributed by atoms with E-state index in [9.17, 15) is 9.59 Å². The van der Waals surface area contributed by atoms with Crippen molar-refractivity contribution >= 4 is 28.9 Å². The Balaban J connectivity index is 1.57. The quantitative estimate of drug-likeness (QED) is 0.615. The van der Waals surface area contributed by atoms with E-state index in [0.717, 1.165) is 6.42 Å². The molecule has 5 heteroatoms. The first kappa shape index (κ1) is 18.1. The second kappa shape index (κ2) is 6.56. The van der Waals surface area contributed by atoms with Crippen LogP contribution in [-0.2, 0) is 9.53 Å². The first-order chi connectivity index (χ1) is 14.0. The lowest BCUT2D eigenvalue weighted by Gasteiger charge is -2.50. The number of nitrogens with one attached hydrogen (secondary N) is 1. The molecule has 4 nitrogen and oxygen atoms in total. The van der Waals surface area contributed by atoms with E-state index in [1.165, 1.54) is 40.7 Å². The van der Waals surface area contributed by atoms with Gasteiger partial charge in [-0.3, -0.25) is 4.79 Å². The lowest BCUT2D eigenvalue weighted by molar-refractivity contribution is -0.126. The minimum Gasteiger partial charge on any atom is -0.465 e. The summed E-state index contributed by atoms with van der Waals surface area (Å²) in [5.41, 5.74) is 5.44. The SMILES string of the molecule is COC(=O)c1cscc1NC(=O)C1(C)CC2c3ccccc3C1c1ccccc12. The highest BCUT2D eigenvalue weighted by atomic mass is 32.1. The van der Waals surface area contributed by atoms with Gasteiger partial charge in [-0.1, -0.05) is 48.5 Å². The Kier molecular flexibility index (Phi) is 4.10. The summed E-state index contributed by atoms with van der Waals surface area (Å²) < 4.78 is 4.85. The fraction of sp³-hybridized carbons (Fsp3) is 0.250. The average Bonchev–Trinajstić information content (AvgIpc) is 3.21. The molecule has 0 aliphatic heterocycles. The first-order valence-electron chi connectivity index (χ1n) is 9.68. The van der Waals surface area contributed by atoms with Gasteiger partial charge in [0.2, 0.25) is 5.91 Å². The van der Waals surface area contributed by atoms with Crippen LogP contribution in [0.1, 0.15) is 57.8 Å². The van der Waals surface area contributed by atoms with Crippen LogP contribution in [-0.4, -0.2) is 19.0 Å². The normalized spacial score (nSPS) is 23.8. The molecule has 6 rings (SSSR count). The predicted molar refractivity (Wildman–Crippen MR) is 114 cm³/mol. The van der Waals surface area contributed by atoms with Gasteiger partial charge in [0.1, 0.15) is 0 Å². The van der Waals surface area contributed by atoms with Crippen molar-refractivity contribution < 1.29 is 14.3 Å². The van der Waals surface area contributed by atoms with Crippen molar-refractivity contribution in [3.63, 3.8) is 0 Å². The van der Waals surface area contributed by atoms with Gasteiger partial charge in [-0.25, -0.2) is 4.79 Å². The molecule has 3 aromatic rings. The predicted octanol–water partition coefficient (Wildman–Crippen LogP) is 5.16. The number of amides is 1. The second-order valence-electron chi connectivity index (χ2n) is 8.01. The zero-order valence-electron chi connectivity index (χ0n) is 16.3. The van der Waals surface area contributed by atoms with Gasteiger partial charge in [-0.2, -0.15) is 0 Å². The Hall–Kier alpha value is -2.92. The van der Waals surface area contributed by atoms with Crippen molar-refractivity contribution in [2.45, 2.75) is 25.2 Å². The van der Waals surface area contributed by atoms with E-state index >= 15 is 0 Å². The van der Waals surface area contributed by atoms with E-state index in [0.29, 0.717) is 11.3 Å². The van der Waals surface area contributed by atoms with Crippen molar-refractivity contribution in [3.8, 4) is 0 Å². The standard InChI is InChI=1S/C24H21NO3S/c1-24(23(27)25-20-13-29-12-19(20)22(26)28-2)11-18-14-7-3-5-9-16(14)21(24)17-10-6-4-8-15(17)18/h3-10,12-13,18,21H,11H2,1-2H3,(H,25,27). The van der Waals surface area contributed by atoms with Gasteiger partial charge in [0.15, 0.2) is 0 Å². The van der Waals surface area contributed by atoms with Gasteiger partial charge < -0.3 is 10.1 Å².